The minimum atomic E-state index is -0.722. The summed E-state index contributed by atoms with van der Waals surface area (Å²) in [5.74, 6) is -0.318. The highest BCUT2D eigenvalue weighted by molar-refractivity contribution is 5.69. The van der Waals surface area contributed by atoms with Crippen molar-refractivity contribution < 1.29 is 14.3 Å². The number of aryl methyl sites for hydroxylation is 2. The second-order valence-electron chi connectivity index (χ2n) is 9.26. The summed E-state index contributed by atoms with van der Waals surface area (Å²) in [7, 11) is 0. The average Bonchev–Trinajstić information content (AvgIpc) is 3.27. The maximum atomic E-state index is 12.2. The predicted octanol–water partition coefficient (Wildman–Crippen LogP) is 4.72. The van der Waals surface area contributed by atoms with Crippen molar-refractivity contribution in [2.45, 2.75) is 89.5 Å². The van der Waals surface area contributed by atoms with Crippen LogP contribution in [0.4, 0.5) is 0 Å². The van der Waals surface area contributed by atoms with Gasteiger partial charge in [0.05, 0.1) is 6.04 Å². The van der Waals surface area contributed by atoms with Gasteiger partial charge in [0.15, 0.2) is 0 Å². The fraction of sp³-hybridized carbons (Fsp3) is 0.577. The zero-order chi connectivity index (χ0) is 25.8. The number of aromatic nitrogens is 2. The van der Waals surface area contributed by atoms with Gasteiger partial charge in [0.2, 0.25) is 0 Å². The molecule has 2 heterocycles. The molecule has 194 valence electrons. The van der Waals surface area contributed by atoms with E-state index in [1.165, 1.54) is 42.0 Å². The van der Waals surface area contributed by atoms with Crippen LogP contribution in [0.3, 0.4) is 0 Å². The highest BCUT2D eigenvalue weighted by Gasteiger charge is 2.37. The summed E-state index contributed by atoms with van der Waals surface area (Å²) in [6.07, 6.45) is 9.35. The summed E-state index contributed by atoms with van der Waals surface area (Å²) >= 11 is 0. The van der Waals surface area contributed by atoms with E-state index in [1.54, 1.807) is 6.92 Å². The SMILES string of the molecule is Cc1cn([C@H]2C[C@H](N=[N+]=[N-])[C@@H](COC(=O)CCCCCCCCCc3ccccc3)O2)c(=O)[nH]c1=O. The molecular weight excluding hydrogens is 462 g/mol. The van der Waals surface area contributed by atoms with Crippen molar-refractivity contribution in [1.82, 2.24) is 9.55 Å². The second-order valence-corrected chi connectivity index (χ2v) is 9.26. The first-order valence-corrected chi connectivity index (χ1v) is 12.7. The van der Waals surface area contributed by atoms with Gasteiger partial charge in [-0.05, 0) is 37.3 Å². The van der Waals surface area contributed by atoms with Crippen LogP contribution in [0.15, 0.2) is 51.2 Å². The van der Waals surface area contributed by atoms with Crippen LogP contribution in [0.1, 0.15) is 75.1 Å². The van der Waals surface area contributed by atoms with Gasteiger partial charge in [-0.15, -0.1) is 0 Å². The van der Waals surface area contributed by atoms with Gasteiger partial charge in [0, 0.05) is 29.5 Å². The smallest absolute Gasteiger partial charge is 0.330 e. The summed E-state index contributed by atoms with van der Waals surface area (Å²) in [6.45, 7) is 1.53. The number of unbranched alkanes of at least 4 members (excludes halogenated alkanes) is 6. The van der Waals surface area contributed by atoms with Gasteiger partial charge in [0.25, 0.3) is 5.56 Å². The molecule has 2 aromatic rings. The standard InChI is InChI=1S/C26H35N5O5/c1-19-17-31(26(34)28-25(19)33)23-16-21(29-30-27)22(36-23)18-35-24(32)15-11-6-4-2-3-5-8-12-20-13-9-7-10-14-20/h7,9-10,13-14,17,21-23H,2-6,8,11-12,15-16,18H2,1H3,(H,28,33,34)/t21-,22+,23+/m0/s1. The molecule has 1 aliphatic rings. The van der Waals surface area contributed by atoms with E-state index in [-0.39, 0.29) is 19.0 Å². The molecule has 0 saturated carbocycles. The normalized spacial score (nSPS) is 19.1. The number of benzene rings is 1. The topological polar surface area (TPSA) is 139 Å². The molecule has 0 amide bonds. The maximum Gasteiger partial charge on any atom is 0.330 e. The molecule has 1 aromatic carbocycles. The Morgan fingerprint density at radius 1 is 1.14 bits per heavy atom. The van der Waals surface area contributed by atoms with Gasteiger partial charge in [-0.25, -0.2) is 4.79 Å². The first-order chi connectivity index (χ1) is 17.5. The summed E-state index contributed by atoms with van der Waals surface area (Å²) in [4.78, 5) is 41.0. The molecule has 1 N–H and O–H groups in total. The van der Waals surface area contributed by atoms with Gasteiger partial charge in [0.1, 0.15) is 18.9 Å². The van der Waals surface area contributed by atoms with Gasteiger partial charge in [-0.2, -0.15) is 0 Å². The molecule has 1 aromatic heterocycles. The van der Waals surface area contributed by atoms with Crippen molar-refractivity contribution in [2.75, 3.05) is 6.61 Å². The molecule has 0 radical (unpaired) electrons. The van der Waals surface area contributed by atoms with E-state index in [4.69, 9.17) is 15.0 Å². The molecule has 10 nitrogen and oxygen atoms in total. The largest absolute Gasteiger partial charge is 0.463 e. The van der Waals surface area contributed by atoms with Crippen molar-refractivity contribution in [3.63, 3.8) is 0 Å². The third-order valence-electron chi connectivity index (χ3n) is 6.46. The highest BCUT2D eigenvalue weighted by Crippen LogP contribution is 2.30. The Balaban J connectivity index is 1.31. The van der Waals surface area contributed by atoms with Crippen LogP contribution in [-0.2, 0) is 20.7 Å². The number of carbonyl (C=O) groups excluding carboxylic acids is 1. The molecule has 0 unspecified atom stereocenters. The van der Waals surface area contributed by atoms with E-state index in [0.29, 0.717) is 12.0 Å². The van der Waals surface area contributed by atoms with Crippen LogP contribution in [-0.4, -0.2) is 34.3 Å². The zero-order valence-corrected chi connectivity index (χ0v) is 20.8. The number of nitrogens with one attached hydrogen (secondary N) is 1. The Morgan fingerprint density at radius 3 is 2.56 bits per heavy atom. The molecular formula is C26H35N5O5. The van der Waals surface area contributed by atoms with Crippen LogP contribution < -0.4 is 11.2 Å². The Labute approximate surface area is 210 Å². The fourth-order valence-corrected chi connectivity index (χ4v) is 4.40. The van der Waals surface area contributed by atoms with Gasteiger partial charge in [-0.3, -0.25) is 19.1 Å². The molecule has 0 aliphatic carbocycles. The number of aromatic amines is 1. The van der Waals surface area contributed by atoms with Gasteiger partial charge in [-0.1, -0.05) is 67.6 Å². The van der Waals surface area contributed by atoms with E-state index in [1.807, 2.05) is 6.07 Å². The van der Waals surface area contributed by atoms with E-state index < -0.39 is 29.6 Å². The lowest BCUT2D eigenvalue weighted by Gasteiger charge is -2.17. The summed E-state index contributed by atoms with van der Waals surface area (Å²) in [5, 5.41) is 3.74. The molecule has 36 heavy (non-hydrogen) atoms. The third kappa shape index (κ3) is 8.39. The Morgan fingerprint density at radius 2 is 1.83 bits per heavy atom. The van der Waals surface area contributed by atoms with E-state index in [9.17, 15) is 14.4 Å². The fourth-order valence-electron chi connectivity index (χ4n) is 4.40. The van der Waals surface area contributed by atoms with Crippen LogP contribution in [0, 0.1) is 6.92 Å². The minimum Gasteiger partial charge on any atom is -0.463 e. The number of hydrogen-bond donors (Lipinski definition) is 1. The number of rotatable bonds is 14. The van der Waals surface area contributed by atoms with Crippen molar-refractivity contribution in [3.8, 4) is 0 Å². The van der Waals surface area contributed by atoms with Crippen molar-refractivity contribution in [2.24, 2.45) is 5.11 Å². The Kier molecular flexibility index (Phi) is 10.8. The van der Waals surface area contributed by atoms with Crippen molar-refractivity contribution in [3.05, 3.63) is 78.9 Å². The Hall–Kier alpha value is -3.36. The minimum absolute atomic E-state index is 0.0580. The summed E-state index contributed by atoms with van der Waals surface area (Å²) in [6, 6.07) is 9.94. The van der Waals surface area contributed by atoms with Crippen LogP contribution in [0.2, 0.25) is 0 Å². The van der Waals surface area contributed by atoms with E-state index in [2.05, 4.69) is 39.3 Å². The van der Waals surface area contributed by atoms with E-state index >= 15 is 0 Å². The number of ether oxygens (including phenoxy) is 2. The van der Waals surface area contributed by atoms with Crippen LogP contribution >= 0.6 is 0 Å². The van der Waals surface area contributed by atoms with Crippen molar-refractivity contribution >= 4 is 5.97 Å². The lowest BCUT2D eigenvalue weighted by Crippen LogP contribution is -2.33. The second kappa shape index (κ2) is 14.3. The number of azide groups is 1. The summed E-state index contributed by atoms with van der Waals surface area (Å²) in [5.41, 5.74) is 9.56. The Bertz CT molecular complexity index is 1140. The monoisotopic (exact) mass is 497 g/mol. The number of carbonyl (C=O) groups is 1. The zero-order valence-electron chi connectivity index (χ0n) is 20.8. The molecule has 1 aliphatic heterocycles. The summed E-state index contributed by atoms with van der Waals surface area (Å²) < 4.78 is 12.5. The highest BCUT2D eigenvalue weighted by atomic mass is 16.6. The van der Waals surface area contributed by atoms with Crippen LogP contribution in [0.5, 0.6) is 0 Å². The molecule has 3 atom stereocenters. The lowest BCUT2D eigenvalue weighted by molar-refractivity contribution is -0.148. The third-order valence-corrected chi connectivity index (χ3v) is 6.46. The van der Waals surface area contributed by atoms with Crippen molar-refractivity contribution in [1.29, 1.82) is 0 Å². The first kappa shape index (κ1) is 27.2. The molecule has 1 saturated heterocycles. The molecule has 0 bridgehead atoms. The van der Waals surface area contributed by atoms with Gasteiger partial charge < -0.3 is 9.47 Å². The molecule has 10 heteroatoms. The van der Waals surface area contributed by atoms with Crippen LogP contribution in [0.25, 0.3) is 10.4 Å². The maximum absolute atomic E-state index is 12.2. The quantitative estimate of drug-likeness (QED) is 0.132. The molecule has 0 spiro atoms. The number of H-pyrrole nitrogens is 1. The predicted molar refractivity (Wildman–Crippen MR) is 136 cm³/mol. The number of hydrogen-bond acceptors (Lipinski definition) is 6. The molecule has 1 fully saturated rings. The first-order valence-electron chi connectivity index (χ1n) is 12.7. The van der Waals surface area contributed by atoms with Gasteiger partial charge >= 0.3 is 11.7 Å². The average molecular weight is 498 g/mol. The number of nitrogens with zero attached hydrogens (tertiary/aromatic N) is 4. The van der Waals surface area contributed by atoms with E-state index in [0.717, 1.165) is 25.7 Å². The number of esters is 1. The molecule has 3 rings (SSSR count). The lowest BCUT2D eigenvalue weighted by atomic mass is 10.0.